The number of ether oxygens (including phenoxy) is 1. The third-order valence-corrected chi connectivity index (χ3v) is 5.28. The van der Waals surface area contributed by atoms with Crippen molar-refractivity contribution in [1.29, 1.82) is 0 Å². The number of H-pyrrole nitrogens is 1. The summed E-state index contributed by atoms with van der Waals surface area (Å²) in [5.41, 5.74) is 4.41. The lowest BCUT2D eigenvalue weighted by atomic mass is 9.98. The smallest absolute Gasteiger partial charge is 0.412 e. The van der Waals surface area contributed by atoms with Crippen LogP contribution in [0.25, 0.3) is 11.1 Å². The van der Waals surface area contributed by atoms with Gasteiger partial charge >= 0.3 is 12.1 Å². The second-order valence-electron chi connectivity index (χ2n) is 7.38. The SMILES string of the molecule is C#CCN(CC(=O)O)C(=O)c1cc(NC(=O)OCC2c3ccccc3-c3ccccc32)n[nH]1. The van der Waals surface area contributed by atoms with Gasteiger partial charge in [0, 0.05) is 12.0 Å². The average molecular weight is 444 g/mol. The van der Waals surface area contributed by atoms with E-state index in [9.17, 15) is 14.4 Å². The molecule has 0 saturated carbocycles. The van der Waals surface area contributed by atoms with Crippen molar-refractivity contribution in [3.8, 4) is 23.5 Å². The largest absolute Gasteiger partial charge is 0.480 e. The number of terminal acetylenes is 1. The summed E-state index contributed by atoms with van der Waals surface area (Å²) in [7, 11) is 0. The highest BCUT2D eigenvalue weighted by Crippen LogP contribution is 2.44. The summed E-state index contributed by atoms with van der Waals surface area (Å²) in [6.45, 7) is -0.610. The Kier molecular flexibility index (Phi) is 6.09. The first-order valence-corrected chi connectivity index (χ1v) is 10.1. The number of hydrogen-bond acceptors (Lipinski definition) is 5. The van der Waals surface area contributed by atoms with Gasteiger partial charge < -0.3 is 14.7 Å². The van der Waals surface area contributed by atoms with Crippen LogP contribution in [0, 0.1) is 12.3 Å². The molecule has 1 aliphatic rings. The summed E-state index contributed by atoms with van der Waals surface area (Å²) in [5.74, 6) is 0.361. The van der Waals surface area contributed by atoms with Gasteiger partial charge in [-0.15, -0.1) is 6.42 Å². The van der Waals surface area contributed by atoms with Crippen LogP contribution >= 0.6 is 0 Å². The molecule has 0 atom stereocenters. The Bertz CT molecular complexity index is 1210. The Labute approximate surface area is 189 Å². The molecule has 0 fully saturated rings. The molecule has 9 nitrogen and oxygen atoms in total. The maximum atomic E-state index is 12.5. The first-order chi connectivity index (χ1) is 16.0. The number of aliphatic carboxylic acids is 1. The number of aromatic nitrogens is 2. The minimum atomic E-state index is -1.20. The number of carbonyl (C=O) groups is 3. The molecule has 0 bridgehead atoms. The summed E-state index contributed by atoms with van der Waals surface area (Å²) in [6.07, 6.45) is 4.47. The third-order valence-electron chi connectivity index (χ3n) is 5.28. The van der Waals surface area contributed by atoms with Crippen LogP contribution in [-0.4, -0.2) is 57.9 Å². The molecule has 2 aromatic carbocycles. The molecule has 0 saturated heterocycles. The molecule has 1 aliphatic carbocycles. The maximum absolute atomic E-state index is 12.5. The summed E-state index contributed by atoms with van der Waals surface area (Å²) >= 11 is 0. The van der Waals surface area contributed by atoms with Crippen LogP contribution in [0.1, 0.15) is 27.5 Å². The number of benzene rings is 2. The minimum Gasteiger partial charge on any atom is -0.480 e. The molecule has 1 aromatic heterocycles. The standard InChI is InChI=1S/C24H20N4O5/c1-2-11-28(13-22(29)30)23(31)20-12-21(27-26-20)25-24(32)33-14-19-17-9-5-3-7-15(17)16-8-4-6-10-18(16)19/h1,3-10,12,19H,11,13-14H2,(H,29,30)(H2,25,26,27,32). The molecule has 9 heteroatoms. The normalized spacial score (nSPS) is 11.7. The zero-order chi connectivity index (χ0) is 23.4. The van der Waals surface area contributed by atoms with Gasteiger partial charge in [0.25, 0.3) is 5.91 Å². The van der Waals surface area contributed by atoms with E-state index in [2.05, 4.69) is 21.4 Å². The molecule has 4 rings (SSSR count). The number of amides is 2. The zero-order valence-electron chi connectivity index (χ0n) is 17.4. The van der Waals surface area contributed by atoms with E-state index in [-0.39, 0.29) is 30.6 Å². The van der Waals surface area contributed by atoms with E-state index in [4.69, 9.17) is 16.3 Å². The van der Waals surface area contributed by atoms with Gasteiger partial charge in [-0.05, 0) is 22.3 Å². The average Bonchev–Trinajstić information content (AvgIpc) is 3.39. The second kappa shape index (κ2) is 9.28. The molecule has 166 valence electrons. The number of anilines is 1. The van der Waals surface area contributed by atoms with E-state index >= 15 is 0 Å². The van der Waals surface area contributed by atoms with Crippen molar-refractivity contribution in [2.45, 2.75) is 5.92 Å². The molecule has 1 heterocycles. The fourth-order valence-electron chi connectivity index (χ4n) is 3.88. The Hall–Kier alpha value is -4.58. The molecule has 33 heavy (non-hydrogen) atoms. The molecule has 0 spiro atoms. The number of carboxylic acid groups (broad SMARTS) is 1. The van der Waals surface area contributed by atoms with Crippen molar-refractivity contribution >= 4 is 23.8 Å². The van der Waals surface area contributed by atoms with Crippen LogP contribution in [-0.2, 0) is 9.53 Å². The van der Waals surface area contributed by atoms with Crippen molar-refractivity contribution in [3.63, 3.8) is 0 Å². The highest BCUT2D eigenvalue weighted by atomic mass is 16.5. The lowest BCUT2D eigenvalue weighted by Gasteiger charge is -2.16. The van der Waals surface area contributed by atoms with E-state index in [0.29, 0.717) is 0 Å². The quantitative estimate of drug-likeness (QED) is 0.481. The Balaban J connectivity index is 1.40. The predicted octanol–water partition coefficient (Wildman–Crippen LogP) is 2.93. The van der Waals surface area contributed by atoms with E-state index in [0.717, 1.165) is 27.2 Å². The van der Waals surface area contributed by atoms with Gasteiger partial charge in [-0.2, -0.15) is 5.10 Å². The topological polar surface area (TPSA) is 125 Å². The monoisotopic (exact) mass is 444 g/mol. The number of nitrogens with one attached hydrogen (secondary N) is 2. The summed E-state index contributed by atoms with van der Waals surface area (Å²) in [5, 5.41) is 17.8. The molecule has 3 aromatic rings. The van der Waals surface area contributed by atoms with Gasteiger partial charge in [0.2, 0.25) is 0 Å². The zero-order valence-corrected chi connectivity index (χ0v) is 17.4. The van der Waals surface area contributed by atoms with Crippen molar-refractivity contribution in [1.82, 2.24) is 15.1 Å². The number of nitrogens with zero attached hydrogens (tertiary/aromatic N) is 2. The summed E-state index contributed by atoms with van der Waals surface area (Å²) in [4.78, 5) is 36.7. The van der Waals surface area contributed by atoms with Crippen molar-refractivity contribution < 1.29 is 24.2 Å². The first-order valence-electron chi connectivity index (χ1n) is 10.1. The number of aromatic amines is 1. The van der Waals surface area contributed by atoms with Gasteiger partial charge in [-0.1, -0.05) is 54.5 Å². The fraction of sp³-hybridized carbons (Fsp3) is 0.167. The number of carbonyl (C=O) groups excluding carboxylic acids is 2. The highest BCUT2D eigenvalue weighted by Gasteiger charge is 2.29. The molecule has 3 N–H and O–H groups in total. The Morgan fingerprint density at radius 2 is 1.76 bits per heavy atom. The van der Waals surface area contributed by atoms with E-state index < -0.39 is 24.5 Å². The van der Waals surface area contributed by atoms with Gasteiger partial charge in [-0.25, -0.2) is 4.79 Å². The minimum absolute atomic E-state index is 0.0135. The molecule has 0 aliphatic heterocycles. The highest BCUT2D eigenvalue weighted by molar-refractivity contribution is 5.96. The lowest BCUT2D eigenvalue weighted by molar-refractivity contribution is -0.137. The van der Waals surface area contributed by atoms with Crippen LogP contribution in [0.4, 0.5) is 10.6 Å². The van der Waals surface area contributed by atoms with Crippen LogP contribution in [0.15, 0.2) is 54.6 Å². The summed E-state index contributed by atoms with van der Waals surface area (Å²) < 4.78 is 5.45. The molecular formula is C24H20N4O5. The van der Waals surface area contributed by atoms with Crippen molar-refractivity contribution in [2.75, 3.05) is 25.0 Å². The Morgan fingerprint density at radius 1 is 1.12 bits per heavy atom. The summed E-state index contributed by atoms with van der Waals surface area (Å²) in [6, 6.07) is 17.3. The number of fused-ring (bicyclic) bond motifs is 3. The third kappa shape index (κ3) is 4.55. The van der Waals surface area contributed by atoms with Gasteiger partial charge in [-0.3, -0.25) is 20.0 Å². The molecule has 0 unspecified atom stereocenters. The molecular weight excluding hydrogens is 424 g/mol. The van der Waals surface area contributed by atoms with E-state index in [1.54, 1.807) is 0 Å². The number of carboxylic acids is 1. The van der Waals surface area contributed by atoms with Gasteiger partial charge in [0.05, 0.1) is 6.54 Å². The number of hydrogen-bond donors (Lipinski definition) is 3. The van der Waals surface area contributed by atoms with E-state index in [1.807, 2.05) is 48.5 Å². The molecule has 0 radical (unpaired) electrons. The fourth-order valence-corrected chi connectivity index (χ4v) is 3.88. The van der Waals surface area contributed by atoms with Gasteiger partial charge in [0.1, 0.15) is 18.8 Å². The molecule has 2 amide bonds. The second-order valence-corrected chi connectivity index (χ2v) is 7.38. The maximum Gasteiger partial charge on any atom is 0.412 e. The number of rotatable bonds is 7. The first kappa shape index (κ1) is 21.6. The van der Waals surface area contributed by atoms with Crippen LogP contribution in [0.5, 0.6) is 0 Å². The van der Waals surface area contributed by atoms with Crippen molar-refractivity contribution in [2.24, 2.45) is 0 Å². The van der Waals surface area contributed by atoms with E-state index in [1.165, 1.54) is 6.07 Å². The van der Waals surface area contributed by atoms with Crippen molar-refractivity contribution in [3.05, 3.63) is 71.4 Å². The van der Waals surface area contributed by atoms with Crippen LogP contribution < -0.4 is 5.32 Å². The Morgan fingerprint density at radius 3 is 2.36 bits per heavy atom. The van der Waals surface area contributed by atoms with Gasteiger partial charge in [0.15, 0.2) is 5.82 Å². The lowest BCUT2D eigenvalue weighted by Crippen LogP contribution is -2.36. The van der Waals surface area contributed by atoms with Crippen LogP contribution in [0.2, 0.25) is 0 Å². The predicted molar refractivity (Wildman–Crippen MR) is 120 cm³/mol. The van der Waals surface area contributed by atoms with Crippen LogP contribution in [0.3, 0.4) is 0 Å².